The lowest BCUT2D eigenvalue weighted by Crippen LogP contribution is -2.52. The molecule has 152 valence electrons. The number of aryl methyl sites for hydroxylation is 1. The maximum absolute atomic E-state index is 12.5. The zero-order valence-corrected chi connectivity index (χ0v) is 19.4. The van der Waals surface area contributed by atoms with Gasteiger partial charge in [-0.1, -0.05) is 13.8 Å². The first kappa shape index (κ1) is 26.2. The second-order valence-corrected chi connectivity index (χ2v) is 9.10. The molecule has 0 bridgehead atoms. The minimum atomic E-state index is -0.374. The minimum Gasteiger partial charge on any atom is -0.346 e. The fourth-order valence-electron chi connectivity index (χ4n) is 2.77. The van der Waals surface area contributed by atoms with Crippen molar-refractivity contribution in [2.75, 3.05) is 6.54 Å². The van der Waals surface area contributed by atoms with Crippen LogP contribution in [0.15, 0.2) is 34.5 Å². The van der Waals surface area contributed by atoms with Crippen LogP contribution in [-0.4, -0.2) is 23.0 Å². The normalized spacial score (nSPS) is 12.7. The number of nitrogens with one attached hydrogen (secondary N) is 1. The summed E-state index contributed by atoms with van der Waals surface area (Å²) in [4.78, 5) is 18.1. The highest BCUT2D eigenvalue weighted by Gasteiger charge is 2.26. The first-order chi connectivity index (χ1) is 11.8. The SMILES string of the molecule is Cc1nc(CSc2ccc(C(=O)NC(C)(CN)CC(C)C)cc2)cs1.Cl.Cl. The van der Waals surface area contributed by atoms with E-state index in [2.05, 4.69) is 29.5 Å². The Kier molecular flexibility index (Phi) is 11.6. The van der Waals surface area contributed by atoms with Crippen LogP contribution >= 0.6 is 47.9 Å². The first-order valence-electron chi connectivity index (χ1n) is 8.48. The van der Waals surface area contributed by atoms with Crippen molar-refractivity contribution in [3.63, 3.8) is 0 Å². The third-order valence-corrected chi connectivity index (χ3v) is 5.76. The van der Waals surface area contributed by atoms with Gasteiger partial charge in [0.1, 0.15) is 0 Å². The van der Waals surface area contributed by atoms with Crippen LogP contribution in [0.2, 0.25) is 0 Å². The Morgan fingerprint density at radius 1 is 1.30 bits per heavy atom. The summed E-state index contributed by atoms with van der Waals surface area (Å²) < 4.78 is 0. The Balaban J connectivity index is 0.00000338. The van der Waals surface area contributed by atoms with Crippen molar-refractivity contribution in [2.45, 2.75) is 50.3 Å². The molecule has 0 aliphatic rings. The van der Waals surface area contributed by atoms with Gasteiger partial charge in [-0.25, -0.2) is 4.98 Å². The number of rotatable bonds is 8. The molecule has 0 saturated carbocycles. The van der Waals surface area contributed by atoms with E-state index in [-0.39, 0.29) is 36.3 Å². The third kappa shape index (κ3) is 8.40. The summed E-state index contributed by atoms with van der Waals surface area (Å²) in [5.41, 5.74) is 7.27. The molecule has 1 amide bonds. The van der Waals surface area contributed by atoms with Crippen LogP contribution < -0.4 is 11.1 Å². The van der Waals surface area contributed by atoms with Crippen molar-refractivity contribution in [3.8, 4) is 0 Å². The molecule has 1 heterocycles. The Morgan fingerprint density at radius 2 is 1.93 bits per heavy atom. The van der Waals surface area contributed by atoms with Gasteiger partial charge >= 0.3 is 0 Å². The Morgan fingerprint density at radius 3 is 2.41 bits per heavy atom. The van der Waals surface area contributed by atoms with Crippen LogP contribution in [-0.2, 0) is 5.75 Å². The molecule has 27 heavy (non-hydrogen) atoms. The number of hydrogen-bond acceptors (Lipinski definition) is 5. The Bertz CT molecular complexity index is 707. The smallest absolute Gasteiger partial charge is 0.251 e. The topological polar surface area (TPSA) is 68.0 Å². The van der Waals surface area contributed by atoms with Gasteiger partial charge in [0.05, 0.1) is 10.7 Å². The predicted molar refractivity (Wildman–Crippen MR) is 122 cm³/mol. The summed E-state index contributed by atoms with van der Waals surface area (Å²) in [6.07, 6.45) is 0.857. The zero-order valence-electron chi connectivity index (χ0n) is 16.2. The molecule has 0 saturated heterocycles. The second-order valence-electron chi connectivity index (χ2n) is 6.99. The van der Waals surface area contributed by atoms with E-state index in [0.717, 1.165) is 27.8 Å². The number of carbonyl (C=O) groups is 1. The minimum absolute atomic E-state index is 0. The molecule has 2 aromatic rings. The highest BCUT2D eigenvalue weighted by atomic mass is 35.5. The molecule has 0 aliphatic heterocycles. The third-order valence-electron chi connectivity index (χ3n) is 3.89. The highest BCUT2D eigenvalue weighted by molar-refractivity contribution is 7.98. The summed E-state index contributed by atoms with van der Waals surface area (Å²) in [6.45, 7) is 8.72. The highest BCUT2D eigenvalue weighted by Crippen LogP contribution is 2.24. The van der Waals surface area contributed by atoms with Gasteiger partial charge in [0.15, 0.2) is 0 Å². The van der Waals surface area contributed by atoms with Crippen molar-refractivity contribution in [1.29, 1.82) is 0 Å². The van der Waals surface area contributed by atoms with Gasteiger partial charge in [0, 0.05) is 33.7 Å². The van der Waals surface area contributed by atoms with Gasteiger partial charge in [-0.15, -0.1) is 47.9 Å². The van der Waals surface area contributed by atoms with Crippen molar-refractivity contribution in [2.24, 2.45) is 11.7 Å². The number of nitrogens with zero attached hydrogens (tertiary/aromatic N) is 1. The number of thioether (sulfide) groups is 1. The fraction of sp³-hybridized carbons (Fsp3) is 0.474. The van der Waals surface area contributed by atoms with Crippen LogP contribution in [0, 0.1) is 12.8 Å². The lowest BCUT2D eigenvalue weighted by Gasteiger charge is -2.31. The molecule has 0 radical (unpaired) electrons. The van der Waals surface area contributed by atoms with E-state index in [1.54, 1.807) is 23.1 Å². The molecule has 4 nitrogen and oxygen atoms in total. The maximum Gasteiger partial charge on any atom is 0.251 e. The molecular weight excluding hydrogens is 421 g/mol. The van der Waals surface area contributed by atoms with E-state index in [9.17, 15) is 4.79 Å². The number of aromatic nitrogens is 1. The average molecular weight is 451 g/mol. The molecule has 1 unspecified atom stereocenters. The van der Waals surface area contributed by atoms with Gasteiger partial charge in [-0.3, -0.25) is 4.79 Å². The monoisotopic (exact) mass is 449 g/mol. The molecule has 0 spiro atoms. The van der Waals surface area contributed by atoms with Crippen LogP contribution in [0.25, 0.3) is 0 Å². The number of thiazole rings is 1. The molecule has 0 aliphatic carbocycles. The number of nitrogens with two attached hydrogens (primary N) is 1. The molecule has 3 N–H and O–H groups in total. The van der Waals surface area contributed by atoms with Crippen LogP contribution in [0.3, 0.4) is 0 Å². The molecule has 1 aromatic heterocycles. The zero-order chi connectivity index (χ0) is 18.4. The molecule has 1 aromatic carbocycles. The van der Waals surface area contributed by atoms with Crippen molar-refractivity contribution >= 4 is 53.8 Å². The number of carbonyl (C=O) groups excluding carboxylic acids is 1. The van der Waals surface area contributed by atoms with Gasteiger partial charge in [0.2, 0.25) is 0 Å². The number of benzene rings is 1. The summed E-state index contributed by atoms with van der Waals surface area (Å²) in [7, 11) is 0. The molecular formula is C19H29Cl2N3OS2. The molecule has 8 heteroatoms. The van der Waals surface area contributed by atoms with E-state index in [0.29, 0.717) is 18.0 Å². The van der Waals surface area contributed by atoms with Gasteiger partial charge < -0.3 is 11.1 Å². The summed E-state index contributed by atoms with van der Waals surface area (Å²) in [5.74, 6) is 1.25. The van der Waals surface area contributed by atoms with Crippen molar-refractivity contribution in [3.05, 3.63) is 45.9 Å². The molecule has 2 rings (SSSR count). The second kappa shape index (κ2) is 11.9. The van der Waals surface area contributed by atoms with Crippen molar-refractivity contribution < 1.29 is 4.79 Å². The first-order valence-corrected chi connectivity index (χ1v) is 10.3. The summed E-state index contributed by atoms with van der Waals surface area (Å²) in [5, 5.41) is 6.27. The van der Waals surface area contributed by atoms with Gasteiger partial charge in [-0.05, 0) is 50.5 Å². The Hall–Kier alpha value is -0.790. The molecule has 0 fully saturated rings. The van der Waals surface area contributed by atoms with Crippen LogP contribution in [0.5, 0.6) is 0 Å². The standard InChI is InChI=1S/C19H27N3OS2.2ClH/c1-13(2)9-19(4,12-20)22-18(23)15-5-7-17(8-6-15)25-11-16-10-24-14(3)21-16;;/h5-8,10,13H,9,11-12,20H2,1-4H3,(H,22,23);2*1H. The summed E-state index contributed by atoms with van der Waals surface area (Å²) >= 11 is 3.40. The molecule has 1 atom stereocenters. The fourth-order valence-corrected chi connectivity index (χ4v) is 4.28. The van der Waals surface area contributed by atoms with Crippen LogP contribution in [0.4, 0.5) is 0 Å². The predicted octanol–water partition coefficient (Wildman–Crippen LogP) is 5.08. The van der Waals surface area contributed by atoms with E-state index >= 15 is 0 Å². The lowest BCUT2D eigenvalue weighted by atomic mass is 9.90. The Labute approximate surface area is 182 Å². The van der Waals surface area contributed by atoms with Crippen LogP contribution in [0.1, 0.15) is 48.3 Å². The average Bonchev–Trinajstić information content (AvgIpc) is 2.98. The number of halogens is 2. The van der Waals surface area contributed by atoms with Crippen molar-refractivity contribution in [1.82, 2.24) is 10.3 Å². The van der Waals surface area contributed by atoms with Gasteiger partial charge in [-0.2, -0.15) is 0 Å². The van der Waals surface area contributed by atoms with E-state index in [4.69, 9.17) is 5.73 Å². The maximum atomic E-state index is 12.5. The quantitative estimate of drug-likeness (QED) is 0.551. The van der Waals surface area contributed by atoms with E-state index in [1.165, 1.54) is 0 Å². The summed E-state index contributed by atoms with van der Waals surface area (Å²) in [6, 6.07) is 7.72. The van der Waals surface area contributed by atoms with E-state index in [1.807, 2.05) is 38.1 Å². The lowest BCUT2D eigenvalue weighted by molar-refractivity contribution is 0.0898. The largest absolute Gasteiger partial charge is 0.346 e. The number of amides is 1. The van der Waals surface area contributed by atoms with Gasteiger partial charge in [0.25, 0.3) is 5.91 Å². The number of hydrogen-bond donors (Lipinski definition) is 2. The van der Waals surface area contributed by atoms with E-state index < -0.39 is 0 Å².